The van der Waals surface area contributed by atoms with Gasteiger partial charge in [-0.1, -0.05) is 90.4 Å². The summed E-state index contributed by atoms with van der Waals surface area (Å²) >= 11 is 0. The largest absolute Gasteiger partial charge is 0.460 e. The summed E-state index contributed by atoms with van der Waals surface area (Å²) in [7, 11) is 0. The van der Waals surface area contributed by atoms with E-state index >= 15 is 0 Å². The van der Waals surface area contributed by atoms with E-state index in [0.29, 0.717) is 139 Å². The minimum atomic E-state index is -0.473. The van der Waals surface area contributed by atoms with E-state index < -0.39 is 5.60 Å². The number of ether oxygens (including phenoxy) is 12. The van der Waals surface area contributed by atoms with Gasteiger partial charge < -0.3 is 56.8 Å². The van der Waals surface area contributed by atoms with E-state index in [1.807, 2.05) is 20.8 Å². The Hall–Kier alpha value is -0.970. The van der Waals surface area contributed by atoms with Gasteiger partial charge in [0.1, 0.15) is 5.60 Å². The molecule has 0 aromatic heterocycles. The van der Waals surface area contributed by atoms with Crippen molar-refractivity contribution in [3.8, 4) is 0 Å². The number of carbonyl (C=O) groups is 1. The van der Waals surface area contributed by atoms with Crippen molar-refractivity contribution in [2.45, 2.75) is 130 Å². The standard InChI is InChI=1S/C43H86O13/c1-5-6-7-8-9-10-11-12-13-14-15-16-17-18-20-45-22-24-47-26-28-49-30-32-51-34-36-53-38-40-55-41-39-54-37-35-52-33-31-50-29-27-48-25-23-46-21-19-42(44)56-43(2,3)4/h5-41H2,1-4H3. The highest BCUT2D eigenvalue weighted by molar-refractivity contribution is 5.69. The van der Waals surface area contributed by atoms with Crippen LogP contribution in [0.15, 0.2) is 0 Å². The van der Waals surface area contributed by atoms with E-state index in [1.165, 1.54) is 83.5 Å². The van der Waals surface area contributed by atoms with Crippen molar-refractivity contribution in [1.29, 1.82) is 0 Å². The van der Waals surface area contributed by atoms with Crippen LogP contribution in [0.5, 0.6) is 0 Å². The summed E-state index contributed by atoms with van der Waals surface area (Å²) in [6.07, 6.45) is 19.5. The molecule has 13 nitrogen and oxygen atoms in total. The van der Waals surface area contributed by atoms with Gasteiger partial charge in [0.25, 0.3) is 0 Å². The molecule has 0 N–H and O–H groups in total. The molecule has 0 aromatic carbocycles. The summed E-state index contributed by atoms with van der Waals surface area (Å²) in [5, 5.41) is 0. The summed E-state index contributed by atoms with van der Waals surface area (Å²) < 4.78 is 65.8. The number of rotatable bonds is 48. The summed E-state index contributed by atoms with van der Waals surface area (Å²) in [4.78, 5) is 11.6. The normalized spacial score (nSPS) is 11.9. The number of carbonyl (C=O) groups excluding carboxylic acids is 1. The first-order chi connectivity index (χ1) is 27.5. The van der Waals surface area contributed by atoms with Crippen molar-refractivity contribution in [3.05, 3.63) is 0 Å². The molecule has 0 rings (SSSR count). The molecule has 0 aliphatic carbocycles. The Morgan fingerprint density at radius 2 is 0.518 bits per heavy atom. The smallest absolute Gasteiger partial charge is 0.308 e. The quantitative estimate of drug-likeness (QED) is 0.0448. The molecule has 0 aliphatic rings. The first-order valence-electron chi connectivity index (χ1n) is 22.0. The number of hydrogen-bond donors (Lipinski definition) is 0. The maximum absolute atomic E-state index is 11.6. The van der Waals surface area contributed by atoms with E-state index in [1.54, 1.807) is 0 Å². The Balaban J connectivity index is 3.09. The second-order valence-corrected chi connectivity index (χ2v) is 14.7. The van der Waals surface area contributed by atoms with E-state index in [0.717, 1.165) is 13.0 Å². The third-order valence-electron chi connectivity index (χ3n) is 8.23. The van der Waals surface area contributed by atoms with E-state index in [4.69, 9.17) is 56.8 Å². The van der Waals surface area contributed by atoms with Crippen molar-refractivity contribution in [1.82, 2.24) is 0 Å². The van der Waals surface area contributed by atoms with Crippen LogP contribution in [0.2, 0.25) is 0 Å². The molecule has 0 aromatic rings. The second-order valence-electron chi connectivity index (χ2n) is 14.7. The third kappa shape index (κ3) is 51.0. The van der Waals surface area contributed by atoms with Gasteiger partial charge in [0, 0.05) is 6.61 Å². The van der Waals surface area contributed by atoms with Crippen LogP contribution >= 0.6 is 0 Å². The van der Waals surface area contributed by atoms with Crippen LogP contribution in [0.25, 0.3) is 0 Å². The Kier molecular flexibility index (Phi) is 45.9. The average Bonchev–Trinajstić information content (AvgIpc) is 3.17. The summed E-state index contributed by atoms with van der Waals surface area (Å²) in [5.41, 5.74) is -0.473. The summed E-state index contributed by atoms with van der Waals surface area (Å²) in [6, 6.07) is 0. The number of hydrogen-bond acceptors (Lipinski definition) is 13. The average molecular weight is 811 g/mol. The molecule has 13 heteroatoms. The highest BCUT2D eigenvalue weighted by Crippen LogP contribution is 2.13. The molecule has 0 bridgehead atoms. The molecule has 0 atom stereocenters. The molecule has 0 fully saturated rings. The zero-order valence-corrected chi connectivity index (χ0v) is 36.5. The maximum atomic E-state index is 11.6. The fourth-order valence-electron chi connectivity index (χ4n) is 5.25. The van der Waals surface area contributed by atoms with Crippen LogP contribution in [0.4, 0.5) is 0 Å². The van der Waals surface area contributed by atoms with Gasteiger partial charge in [-0.25, -0.2) is 0 Å². The van der Waals surface area contributed by atoms with Crippen LogP contribution < -0.4 is 0 Å². The molecule has 0 unspecified atom stereocenters. The van der Waals surface area contributed by atoms with Crippen LogP contribution in [0.3, 0.4) is 0 Å². The van der Waals surface area contributed by atoms with Gasteiger partial charge in [-0.3, -0.25) is 4.79 Å². The molecule has 0 saturated carbocycles. The van der Waals surface area contributed by atoms with E-state index in [2.05, 4.69) is 6.92 Å². The van der Waals surface area contributed by atoms with Gasteiger partial charge in [-0.2, -0.15) is 0 Å². The van der Waals surface area contributed by atoms with Gasteiger partial charge in [0.2, 0.25) is 0 Å². The lowest BCUT2D eigenvalue weighted by atomic mass is 10.0. The van der Waals surface area contributed by atoms with Gasteiger partial charge in [-0.15, -0.1) is 0 Å². The predicted molar refractivity (Wildman–Crippen MR) is 220 cm³/mol. The second kappa shape index (κ2) is 46.7. The molecular weight excluding hydrogens is 724 g/mol. The maximum Gasteiger partial charge on any atom is 0.308 e. The molecule has 336 valence electrons. The molecule has 0 radical (unpaired) electrons. The Bertz CT molecular complexity index is 754. The summed E-state index contributed by atoms with van der Waals surface area (Å²) in [5.74, 6) is -0.262. The van der Waals surface area contributed by atoms with Gasteiger partial charge in [0.15, 0.2) is 0 Å². The fraction of sp³-hybridized carbons (Fsp3) is 0.977. The van der Waals surface area contributed by atoms with Crippen LogP contribution in [-0.4, -0.2) is 157 Å². The topological polar surface area (TPSA) is 128 Å². The highest BCUT2D eigenvalue weighted by Gasteiger charge is 2.15. The minimum absolute atomic E-state index is 0.234. The van der Waals surface area contributed by atoms with Crippen molar-refractivity contribution in [2.24, 2.45) is 0 Å². The molecular formula is C43H86O13. The van der Waals surface area contributed by atoms with Crippen molar-refractivity contribution in [2.75, 3.05) is 145 Å². The van der Waals surface area contributed by atoms with Crippen molar-refractivity contribution in [3.63, 3.8) is 0 Å². The Morgan fingerprint density at radius 3 is 0.768 bits per heavy atom. The first kappa shape index (κ1) is 55.0. The molecule has 0 saturated heterocycles. The molecule has 0 heterocycles. The Labute approximate surface area is 342 Å². The van der Waals surface area contributed by atoms with Crippen molar-refractivity contribution >= 4 is 5.97 Å². The lowest BCUT2D eigenvalue weighted by molar-refractivity contribution is -0.156. The van der Waals surface area contributed by atoms with Crippen molar-refractivity contribution < 1.29 is 61.6 Å². The van der Waals surface area contributed by atoms with Crippen LogP contribution in [0.1, 0.15) is 124 Å². The fourth-order valence-corrected chi connectivity index (χ4v) is 5.25. The van der Waals surface area contributed by atoms with Crippen LogP contribution in [0, 0.1) is 0 Å². The minimum Gasteiger partial charge on any atom is -0.460 e. The van der Waals surface area contributed by atoms with Gasteiger partial charge >= 0.3 is 5.97 Å². The number of unbranched alkanes of at least 4 members (excludes halogenated alkanes) is 13. The van der Waals surface area contributed by atoms with E-state index in [9.17, 15) is 4.79 Å². The third-order valence-corrected chi connectivity index (χ3v) is 8.23. The van der Waals surface area contributed by atoms with Gasteiger partial charge in [0.05, 0.1) is 145 Å². The number of esters is 1. The van der Waals surface area contributed by atoms with Crippen LogP contribution in [-0.2, 0) is 61.6 Å². The summed E-state index contributed by atoms with van der Waals surface area (Å²) in [6.45, 7) is 19.3. The molecule has 0 spiro atoms. The molecule has 56 heavy (non-hydrogen) atoms. The predicted octanol–water partition coefficient (Wildman–Crippen LogP) is 7.38. The Morgan fingerprint density at radius 1 is 0.304 bits per heavy atom. The lowest BCUT2D eigenvalue weighted by Gasteiger charge is -2.19. The molecule has 0 amide bonds. The van der Waals surface area contributed by atoms with Gasteiger partial charge in [-0.05, 0) is 27.2 Å². The zero-order chi connectivity index (χ0) is 40.7. The van der Waals surface area contributed by atoms with E-state index in [-0.39, 0.29) is 12.4 Å². The monoisotopic (exact) mass is 811 g/mol. The lowest BCUT2D eigenvalue weighted by Crippen LogP contribution is -2.24. The zero-order valence-electron chi connectivity index (χ0n) is 36.5. The SMILES string of the molecule is CCCCCCCCCCCCCCCCOCCOCCOCCOCCOCCOCCOCCOCCOCCOCCOCCC(=O)OC(C)(C)C. The first-order valence-corrected chi connectivity index (χ1v) is 22.0. The highest BCUT2D eigenvalue weighted by atomic mass is 16.6. The molecule has 0 aliphatic heterocycles.